The average molecular weight is 323 g/mol. The Morgan fingerprint density at radius 1 is 1.04 bits per heavy atom. The maximum absolute atomic E-state index is 4.59. The lowest BCUT2D eigenvalue weighted by atomic mass is 10.1. The zero-order valence-electron chi connectivity index (χ0n) is 13.2. The van der Waals surface area contributed by atoms with Crippen molar-refractivity contribution in [1.29, 1.82) is 0 Å². The number of aromatic nitrogens is 2. The number of aliphatic imine (C=N–C) groups is 1. The van der Waals surface area contributed by atoms with Crippen LogP contribution in [0.1, 0.15) is 37.7 Å². The summed E-state index contributed by atoms with van der Waals surface area (Å²) in [6, 6.07) is 7.66. The highest BCUT2D eigenvalue weighted by Crippen LogP contribution is 2.19. The lowest BCUT2D eigenvalue weighted by molar-refractivity contribution is 0.645. The summed E-state index contributed by atoms with van der Waals surface area (Å²) in [4.78, 5) is 12.9. The van der Waals surface area contributed by atoms with Crippen molar-refractivity contribution in [3.63, 3.8) is 0 Å². The van der Waals surface area contributed by atoms with E-state index in [0.29, 0.717) is 0 Å². The monoisotopic (exact) mass is 323 g/mol. The van der Waals surface area contributed by atoms with E-state index in [9.17, 15) is 0 Å². The first-order valence-corrected chi connectivity index (χ1v) is 8.34. The first kappa shape index (κ1) is 17.2. The van der Waals surface area contributed by atoms with E-state index in [4.69, 9.17) is 0 Å². The number of hydrogen-bond acceptors (Lipinski definition) is 4. The number of nitrogens with zero attached hydrogens (tertiary/aromatic N) is 3. The summed E-state index contributed by atoms with van der Waals surface area (Å²) in [5.74, 6) is 0.734. The first-order valence-electron chi connectivity index (χ1n) is 7.93. The van der Waals surface area contributed by atoms with Crippen molar-refractivity contribution >= 4 is 23.1 Å². The number of rotatable bonds is 9. The van der Waals surface area contributed by atoms with E-state index in [-0.39, 0.29) is 0 Å². The van der Waals surface area contributed by atoms with Gasteiger partial charge in [0.15, 0.2) is 5.82 Å². The number of thiocarbonyl (C=S) groups is 1. The zero-order chi connectivity index (χ0) is 16.3. The van der Waals surface area contributed by atoms with Crippen molar-refractivity contribution < 1.29 is 0 Å². The smallest absolute Gasteiger partial charge is 0.159 e. The van der Waals surface area contributed by atoms with Gasteiger partial charge < -0.3 is 0 Å². The van der Waals surface area contributed by atoms with Gasteiger partial charge in [-0.15, -0.1) is 6.58 Å². The fraction of sp³-hybridized carbons (Fsp3) is 0.316. The van der Waals surface area contributed by atoms with Gasteiger partial charge in [0.2, 0.25) is 0 Å². The van der Waals surface area contributed by atoms with Crippen molar-refractivity contribution in [1.82, 2.24) is 9.97 Å². The summed E-state index contributed by atoms with van der Waals surface area (Å²) in [6.45, 7) is 3.74. The Morgan fingerprint density at radius 3 is 2.39 bits per heavy atom. The maximum Gasteiger partial charge on any atom is 0.159 e. The predicted molar refractivity (Wildman–Crippen MR) is 99.1 cm³/mol. The summed E-state index contributed by atoms with van der Waals surface area (Å²) in [5.41, 5.74) is 2.96. The molecular weight excluding hydrogens is 302 g/mol. The minimum absolute atomic E-state index is 0.734. The molecule has 1 heterocycles. The van der Waals surface area contributed by atoms with Crippen molar-refractivity contribution in [2.24, 2.45) is 4.99 Å². The Labute approximate surface area is 143 Å². The largest absolute Gasteiger partial charge is 0.236 e. The Balaban J connectivity index is 1.86. The van der Waals surface area contributed by atoms with Gasteiger partial charge in [0.1, 0.15) is 0 Å². The lowest BCUT2D eigenvalue weighted by Crippen LogP contribution is -1.93. The van der Waals surface area contributed by atoms with Crippen LogP contribution in [0.3, 0.4) is 0 Å². The van der Waals surface area contributed by atoms with Gasteiger partial charge in [0, 0.05) is 18.0 Å². The third-order valence-corrected chi connectivity index (χ3v) is 3.72. The molecule has 1 aromatic carbocycles. The lowest BCUT2D eigenvalue weighted by Gasteiger charge is -2.03. The molecule has 0 spiro atoms. The van der Waals surface area contributed by atoms with Gasteiger partial charge in [-0.1, -0.05) is 18.9 Å². The van der Waals surface area contributed by atoms with Crippen LogP contribution in [0.5, 0.6) is 0 Å². The summed E-state index contributed by atoms with van der Waals surface area (Å²) in [5, 5.41) is 2.36. The zero-order valence-corrected chi connectivity index (χ0v) is 14.1. The Hall–Kier alpha value is -2.16. The molecule has 118 valence electrons. The molecule has 0 aliphatic carbocycles. The van der Waals surface area contributed by atoms with E-state index >= 15 is 0 Å². The summed E-state index contributed by atoms with van der Waals surface area (Å²) in [6.07, 6.45) is 12.9. The van der Waals surface area contributed by atoms with Gasteiger partial charge in [0.25, 0.3) is 0 Å². The third kappa shape index (κ3) is 5.85. The highest BCUT2D eigenvalue weighted by atomic mass is 32.1. The summed E-state index contributed by atoms with van der Waals surface area (Å²) >= 11 is 4.59. The molecule has 0 atom stereocenters. The Bertz CT molecular complexity index is 656. The minimum Gasteiger partial charge on any atom is -0.236 e. The number of aryl methyl sites for hydroxylation is 1. The van der Waals surface area contributed by atoms with Gasteiger partial charge in [-0.05, 0) is 67.7 Å². The standard InChI is InChI=1S/C19H21N3S/c1-2-3-4-5-6-7-8-16-13-20-19(21-14-16)17-9-11-18(12-10-17)22-15-23/h2,9-14H,1,3-8H2. The van der Waals surface area contributed by atoms with Crippen LogP contribution >= 0.6 is 12.2 Å². The van der Waals surface area contributed by atoms with E-state index in [1.165, 1.54) is 31.2 Å². The quantitative estimate of drug-likeness (QED) is 0.262. The Morgan fingerprint density at radius 2 is 1.74 bits per heavy atom. The number of hydrogen-bond donors (Lipinski definition) is 0. The second-order valence-corrected chi connectivity index (χ2v) is 5.59. The van der Waals surface area contributed by atoms with E-state index in [1.807, 2.05) is 42.7 Å². The molecule has 0 saturated carbocycles. The molecule has 2 aromatic rings. The molecule has 23 heavy (non-hydrogen) atoms. The van der Waals surface area contributed by atoms with Crippen LogP contribution in [-0.2, 0) is 6.42 Å². The molecule has 0 radical (unpaired) electrons. The summed E-state index contributed by atoms with van der Waals surface area (Å²) in [7, 11) is 0. The number of unbranched alkanes of at least 4 members (excludes halogenated alkanes) is 4. The molecular formula is C19H21N3S. The maximum atomic E-state index is 4.59. The van der Waals surface area contributed by atoms with Crippen molar-refractivity contribution in [3.8, 4) is 11.4 Å². The SMILES string of the molecule is C=CCCCCCCc1cnc(-c2ccc(N=C=S)cc2)nc1. The Kier molecular flexibility index (Phi) is 7.31. The van der Waals surface area contributed by atoms with Crippen molar-refractivity contribution in [2.75, 3.05) is 0 Å². The van der Waals surface area contributed by atoms with Crippen LogP contribution in [0.2, 0.25) is 0 Å². The average Bonchev–Trinajstić information content (AvgIpc) is 2.60. The van der Waals surface area contributed by atoms with Gasteiger partial charge in [-0.3, -0.25) is 0 Å². The van der Waals surface area contributed by atoms with Gasteiger partial charge >= 0.3 is 0 Å². The molecule has 0 saturated heterocycles. The summed E-state index contributed by atoms with van der Waals surface area (Å²) < 4.78 is 0. The molecule has 4 heteroatoms. The molecule has 0 N–H and O–H groups in total. The van der Waals surface area contributed by atoms with E-state index in [2.05, 4.69) is 38.9 Å². The highest BCUT2D eigenvalue weighted by molar-refractivity contribution is 7.78. The molecule has 1 aromatic heterocycles. The molecule has 2 rings (SSSR count). The van der Waals surface area contributed by atoms with Gasteiger partial charge in [-0.25, -0.2) is 9.97 Å². The fourth-order valence-electron chi connectivity index (χ4n) is 2.34. The van der Waals surface area contributed by atoms with E-state index < -0.39 is 0 Å². The van der Waals surface area contributed by atoms with Crippen LogP contribution in [0.25, 0.3) is 11.4 Å². The molecule has 3 nitrogen and oxygen atoms in total. The van der Waals surface area contributed by atoms with Crippen LogP contribution < -0.4 is 0 Å². The van der Waals surface area contributed by atoms with Crippen LogP contribution in [0.4, 0.5) is 5.69 Å². The van der Waals surface area contributed by atoms with Gasteiger partial charge in [0.05, 0.1) is 10.8 Å². The second-order valence-electron chi connectivity index (χ2n) is 5.41. The molecule has 0 amide bonds. The third-order valence-electron chi connectivity index (χ3n) is 3.63. The van der Waals surface area contributed by atoms with E-state index in [1.54, 1.807) is 0 Å². The molecule has 0 aliphatic heterocycles. The van der Waals surface area contributed by atoms with Crippen LogP contribution in [0.15, 0.2) is 54.3 Å². The topological polar surface area (TPSA) is 38.1 Å². The van der Waals surface area contributed by atoms with Crippen LogP contribution in [0, 0.1) is 0 Å². The van der Waals surface area contributed by atoms with Crippen molar-refractivity contribution in [3.05, 3.63) is 54.9 Å². The normalized spacial score (nSPS) is 10.1. The number of isothiocyanates is 1. The second kappa shape index (κ2) is 9.78. The molecule has 0 aliphatic rings. The highest BCUT2D eigenvalue weighted by Gasteiger charge is 2.02. The predicted octanol–water partition coefficient (Wildman–Crippen LogP) is 5.56. The molecule has 0 bridgehead atoms. The fourth-order valence-corrected chi connectivity index (χ4v) is 2.45. The van der Waals surface area contributed by atoms with Crippen molar-refractivity contribution in [2.45, 2.75) is 38.5 Å². The first-order chi connectivity index (χ1) is 11.3. The number of benzene rings is 1. The molecule has 0 unspecified atom stereocenters. The number of allylic oxidation sites excluding steroid dienone is 1. The van der Waals surface area contributed by atoms with Gasteiger partial charge in [-0.2, -0.15) is 4.99 Å². The van der Waals surface area contributed by atoms with Crippen LogP contribution in [-0.4, -0.2) is 15.1 Å². The van der Waals surface area contributed by atoms with E-state index in [0.717, 1.165) is 29.9 Å². The minimum atomic E-state index is 0.734. The molecule has 0 fully saturated rings.